The van der Waals surface area contributed by atoms with Crippen LogP contribution in [0.2, 0.25) is 0 Å². The average molecular weight is 785 g/mol. The normalized spacial score (nSPS) is 18.1. The van der Waals surface area contributed by atoms with Gasteiger partial charge in [0.1, 0.15) is 17.8 Å². The minimum atomic E-state index is -0.789. The molecule has 14 heteroatoms. The second-order valence-corrected chi connectivity index (χ2v) is 17.1. The van der Waals surface area contributed by atoms with Crippen LogP contribution in [0.3, 0.4) is 0 Å². The Labute approximate surface area is 326 Å². The maximum Gasteiger partial charge on any atom is 0.246 e. The first-order valence-electron chi connectivity index (χ1n) is 18.8. The van der Waals surface area contributed by atoms with Gasteiger partial charge in [-0.1, -0.05) is 63.9 Å². The second-order valence-electron chi connectivity index (χ2n) is 15.4. The van der Waals surface area contributed by atoms with Crippen LogP contribution < -0.4 is 19.9 Å². The topological polar surface area (TPSA) is 107 Å². The van der Waals surface area contributed by atoms with Crippen molar-refractivity contribution in [3.8, 4) is 16.2 Å². The van der Waals surface area contributed by atoms with Crippen LogP contribution in [0.4, 0.5) is 14.6 Å². The van der Waals surface area contributed by atoms with Gasteiger partial charge >= 0.3 is 0 Å². The molecule has 0 aliphatic carbocycles. The summed E-state index contributed by atoms with van der Waals surface area (Å²) in [5.74, 6) is -1.18. The highest BCUT2D eigenvalue weighted by atomic mass is 32.2. The van der Waals surface area contributed by atoms with Crippen molar-refractivity contribution in [3.05, 3.63) is 64.5 Å². The van der Waals surface area contributed by atoms with E-state index in [4.69, 9.17) is 0 Å². The molecular formula is C40H54F2N6O4S2. The maximum atomic E-state index is 15.1. The van der Waals surface area contributed by atoms with Crippen molar-refractivity contribution in [2.45, 2.75) is 91.8 Å². The fraction of sp³-hybridized carbons (Fsp3) is 0.550. The van der Waals surface area contributed by atoms with Gasteiger partial charge in [0, 0.05) is 49.9 Å². The van der Waals surface area contributed by atoms with E-state index in [0.29, 0.717) is 57.5 Å². The largest absolute Gasteiger partial charge is 0.350 e. The number of thiazole rings is 1. The number of carbonyl (C=O) groups excluding carboxylic acids is 3. The number of amides is 3. The van der Waals surface area contributed by atoms with Crippen LogP contribution in [-0.4, -0.2) is 83.6 Å². The van der Waals surface area contributed by atoms with E-state index in [1.807, 2.05) is 70.7 Å². The molecule has 2 saturated heterocycles. The minimum Gasteiger partial charge on any atom is -0.350 e. The molecule has 0 saturated carbocycles. The van der Waals surface area contributed by atoms with E-state index >= 15 is 4.39 Å². The number of hydrogen-bond donors (Lipinski definition) is 2. The van der Waals surface area contributed by atoms with Crippen molar-refractivity contribution in [1.29, 1.82) is 0 Å². The Balaban J connectivity index is 1.12. The maximum absolute atomic E-state index is 15.1. The highest BCUT2D eigenvalue weighted by Crippen LogP contribution is 2.37. The summed E-state index contributed by atoms with van der Waals surface area (Å²) in [4.78, 5) is 54.3. The molecule has 3 amide bonds. The first-order valence-corrected chi connectivity index (χ1v) is 20.9. The van der Waals surface area contributed by atoms with Crippen molar-refractivity contribution in [3.63, 3.8) is 0 Å². The molecule has 0 radical (unpaired) electrons. The number of aryl methyl sites for hydroxylation is 1. The van der Waals surface area contributed by atoms with Gasteiger partial charge in [0.2, 0.25) is 17.7 Å². The molecule has 54 heavy (non-hydrogen) atoms. The number of hydrogen-bond acceptors (Lipinski definition) is 9. The summed E-state index contributed by atoms with van der Waals surface area (Å²) in [5.41, 5.74) is 5.04. The molecular weight excluding hydrogens is 731 g/mol. The Hall–Kier alpha value is -3.75. The smallest absolute Gasteiger partial charge is 0.246 e. The predicted molar refractivity (Wildman–Crippen MR) is 212 cm³/mol. The number of rotatable bonds is 16. The van der Waals surface area contributed by atoms with E-state index in [9.17, 15) is 18.9 Å². The molecule has 5 rings (SSSR count). The van der Waals surface area contributed by atoms with E-state index in [1.165, 1.54) is 18.0 Å². The summed E-state index contributed by atoms with van der Waals surface area (Å²) in [6.45, 7) is 13.2. The molecule has 2 aliphatic heterocycles. The Morgan fingerprint density at radius 3 is 2.54 bits per heavy atom. The van der Waals surface area contributed by atoms with E-state index < -0.39 is 23.3 Å². The highest BCUT2D eigenvalue weighted by molar-refractivity contribution is 8.00. The van der Waals surface area contributed by atoms with Crippen molar-refractivity contribution in [2.24, 2.45) is 11.3 Å². The summed E-state index contributed by atoms with van der Waals surface area (Å²) < 4.78 is 30.3. The number of carbonyl (C=O) groups is 3. The molecule has 2 aromatic carbocycles. The van der Waals surface area contributed by atoms with Gasteiger partial charge in [0.15, 0.2) is 11.6 Å². The van der Waals surface area contributed by atoms with Crippen LogP contribution in [0.15, 0.2) is 41.9 Å². The zero-order valence-electron chi connectivity index (χ0n) is 32.3. The number of benzene rings is 2. The zero-order chi connectivity index (χ0) is 39.0. The molecule has 2 fully saturated rings. The lowest BCUT2D eigenvalue weighted by atomic mass is 9.85. The van der Waals surface area contributed by atoms with Gasteiger partial charge in [0.05, 0.1) is 16.1 Å². The summed E-state index contributed by atoms with van der Waals surface area (Å²) in [5, 5.41) is 6.06. The first kappa shape index (κ1) is 41.4. The summed E-state index contributed by atoms with van der Waals surface area (Å²) in [6.07, 6.45) is 5.46. The summed E-state index contributed by atoms with van der Waals surface area (Å²) in [6, 6.07) is 9.66. The molecule has 2 aliphatic rings. The molecule has 3 unspecified atom stereocenters. The number of aromatic nitrogens is 1. The minimum absolute atomic E-state index is 0.0964. The number of halogens is 2. The van der Waals surface area contributed by atoms with Gasteiger partial charge in [-0.2, -0.15) is 0 Å². The fourth-order valence-corrected chi connectivity index (χ4v) is 8.94. The van der Waals surface area contributed by atoms with Crippen LogP contribution in [-0.2, 0) is 27.3 Å². The van der Waals surface area contributed by atoms with E-state index in [-0.39, 0.29) is 41.5 Å². The first-order chi connectivity index (χ1) is 25.8. The molecule has 2 N–H and O–H groups in total. The molecule has 10 nitrogen and oxygen atoms in total. The number of likely N-dealkylation sites (tertiary alicyclic amines) is 2. The van der Waals surface area contributed by atoms with E-state index in [0.717, 1.165) is 41.1 Å². The van der Waals surface area contributed by atoms with Crippen LogP contribution in [0.1, 0.15) is 76.6 Å². The monoisotopic (exact) mass is 784 g/mol. The van der Waals surface area contributed by atoms with Gasteiger partial charge in [-0.15, -0.1) is 11.3 Å². The van der Waals surface area contributed by atoms with Crippen molar-refractivity contribution >= 4 is 46.7 Å². The second kappa shape index (κ2) is 18.7. The Morgan fingerprint density at radius 1 is 1.13 bits per heavy atom. The lowest BCUT2D eigenvalue weighted by molar-refractivity contribution is -0.144. The summed E-state index contributed by atoms with van der Waals surface area (Å²) >= 11 is 2.91. The van der Waals surface area contributed by atoms with Gasteiger partial charge < -0.3 is 24.7 Å². The molecule has 0 bridgehead atoms. The van der Waals surface area contributed by atoms with Crippen molar-refractivity contribution in [1.82, 2.24) is 25.4 Å². The van der Waals surface area contributed by atoms with E-state index in [1.54, 1.807) is 26.6 Å². The quantitative estimate of drug-likeness (QED) is 0.148. The molecule has 0 spiro atoms. The van der Waals surface area contributed by atoms with Crippen LogP contribution in [0, 0.1) is 24.1 Å². The Bertz CT molecular complexity index is 1750. The van der Waals surface area contributed by atoms with Crippen molar-refractivity contribution < 1.29 is 28.2 Å². The third-order valence-corrected chi connectivity index (χ3v) is 12.1. The molecule has 3 aromatic rings. The van der Waals surface area contributed by atoms with Crippen molar-refractivity contribution in [2.75, 3.05) is 43.3 Å². The molecule has 1 aromatic heterocycles. The standard InChI is InChI=1S/C40H54F2N6O4S2/c1-7-16-48(53-6)35-31(41)20-28(21-33(35)52-42)14-18-46-19-15-29(24-46)22-34(49)45-37(40(3,4)5)39(51)47-17-8-9-32(47)38(50)43-23-27-10-12-30(13-11-27)36-26(2)44-25-54-36/h10-13,20-21,25,29,32,37H,7-9,14-19,22-24H2,1-6H3,(H,43,50)(H,45,49). The van der Waals surface area contributed by atoms with Gasteiger partial charge in [0.25, 0.3) is 0 Å². The summed E-state index contributed by atoms with van der Waals surface area (Å²) in [7, 11) is 0. The number of nitrogens with one attached hydrogen (secondary N) is 2. The fourth-order valence-electron chi connectivity index (χ4n) is 7.40. The van der Waals surface area contributed by atoms with Gasteiger partial charge in [-0.3, -0.25) is 19.3 Å². The van der Waals surface area contributed by atoms with Gasteiger partial charge in [-0.05, 0) is 85.7 Å². The van der Waals surface area contributed by atoms with Gasteiger partial charge in [-0.25, -0.2) is 9.37 Å². The number of nitrogens with zero attached hydrogens (tertiary/aromatic N) is 4. The molecule has 3 atom stereocenters. The lowest BCUT2D eigenvalue weighted by Crippen LogP contribution is -2.57. The SMILES string of the molecule is CCCN(SC)c1c(F)cc(CCN2CCC(CC(=O)NC(C(=O)N3CCCC3C(=O)NCc3ccc(-c4scnc4C)cc3)C(C)(C)C)C2)cc1OF. The Morgan fingerprint density at radius 2 is 1.89 bits per heavy atom. The van der Waals surface area contributed by atoms with E-state index in [2.05, 4.69) is 25.5 Å². The molecule has 3 heterocycles. The van der Waals surface area contributed by atoms with Crippen LogP contribution >= 0.6 is 23.3 Å². The zero-order valence-corrected chi connectivity index (χ0v) is 33.9. The molecule has 294 valence electrons. The Kier molecular flexibility index (Phi) is 14.4. The average Bonchev–Trinajstić information content (AvgIpc) is 3.92. The third kappa shape index (κ3) is 10.3. The highest BCUT2D eigenvalue weighted by Gasteiger charge is 2.42. The third-order valence-electron chi connectivity index (χ3n) is 10.3. The van der Waals surface area contributed by atoms with Crippen LogP contribution in [0.5, 0.6) is 5.75 Å². The number of anilines is 1. The van der Waals surface area contributed by atoms with Crippen LogP contribution in [0.25, 0.3) is 10.4 Å². The lowest BCUT2D eigenvalue weighted by Gasteiger charge is -2.35. The predicted octanol–water partition coefficient (Wildman–Crippen LogP) is 7.11.